The van der Waals surface area contributed by atoms with E-state index in [1.54, 1.807) is 0 Å². The molecule has 0 rings (SSSR count). The molecule has 6 heteroatoms. The largest absolute Gasteiger partial charge is 0.355 e. The fourth-order valence-corrected chi connectivity index (χ4v) is 2.97. The topological polar surface area (TPSA) is 77.3 Å². The van der Waals surface area contributed by atoms with Crippen molar-refractivity contribution >= 4 is 9.84 Å². The second-order valence-electron chi connectivity index (χ2n) is 4.32. The van der Waals surface area contributed by atoms with E-state index in [4.69, 9.17) is 0 Å². The SMILES string of the molecule is CCCCCC=C([N+](=O)[O-])S(=O)(=O)CCCCC. The van der Waals surface area contributed by atoms with Crippen molar-refractivity contribution in [1.29, 1.82) is 0 Å². The number of hydrogen-bond acceptors (Lipinski definition) is 4. The molecule has 0 aliphatic heterocycles. The highest BCUT2D eigenvalue weighted by Gasteiger charge is 2.27. The first-order valence-corrected chi connectivity index (χ1v) is 8.18. The average Bonchev–Trinajstić information content (AvgIpc) is 2.28. The van der Waals surface area contributed by atoms with Crippen LogP contribution in [0.5, 0.6) is 0 Å². The van der Waals surface area contributed by atoms with Crippen molar-refractivity contribution in [2.24, 2.45) is 0 Å². The van der Waals surface area contributed by atoms with E-state index in [1.807, 2.05) is 13.8 Å². The third kappa shape index (κ3) is 6.74. The quantitative estimate of drug-likeness (QED) is 0.349. The van der Waals surface area contributed by atoms with Crippen LogP contribution >= 0.6 is 0 Å². The zero-order valence-electron chi connectivity index (χ0n) is 11.2. The van der Waals surface area contributed by atoms with Gasteiger partial charge in [-0.05, 0) is 19.3 Å². The maximum atomic E-state index is 11.8. The van der Waals surface area contributed by atoms with Crippen LogP contribution in [0.2, 0.25) is 0 Å². The minimum atomic E-state index is -3.72. The molecule has 0 heterocycles. The summed E-state index contributed by atoms with van der Waals surface area (Å²) in [6.07, 6.45) is 6.62. The zero-order chi connectivity index (χ0) is 14.0. The first-order valence-electron chi connectivity index (χ1n) is 6.53. The van der Waals surface area contributed by atoms with E-state index in [9.17, 15) is 18.5 Å². The summed E-state index contributed by atoms with van der Waals surface area (Å²) in [6.45, 7) is 3.99. The van der Waals surface area contributed by atoms with Gasteiger partial charge in [-0.15, -0.1) is 0 Å². The fourth-order valence-electron chi connectivity index (χ4n) is 1.58. The van der Waals surface area contributed by atoms with Gasteiger partial charge in [0.25, 0.3) is 0 Å². The van der Waals surface area contributed by atoms with E-state index >= 15 is 0 Å². The van der Waals surface area contributed by atoms with E-state index in [2.05, 4.69) is 0 Å². The van der Waals surface area contributed by atoms with Crippen molar-refractivity contribution < 1.29 is 13.3 Å². The van der Waals surface area contributed by atoms with E-state index in [0.29, 0.717) is 12.8 Å². The minimum absolute atomic E-state index is 0.124. The molecule has 0 atom stereocenters. The molecule has 0 aromatic rings. The van der Waals surface area contributed by atoms with E-state index in [1.165, 1.54) is 6.08 Å². The molecule has 106 valence electrons. The molecule has 0 radical (unpaired) electrons. The lowest BCUT2D eigenvalue weighted by Crippen LogP contribution is -2.15. The van der Waals surface area contributed by atoms with Gasteiger partial charge in [0.05, 0.1) is 10.7 Å². The number of unbranched alkanes of at least 4 members (excludes halogenated alkanes) is 5. The molecule has 18 heavy (non-hydrogen) atoms. The molecule has 0 bridgehead atoms. The molecule has 0 spiro atoms. The molecule has 0 saturated carbocycles. The summed E-state index contributed by atoms with van der Waals surface area (Å²) in [6, 6.07) is 0. The third-order valence-corrected chi connectivity index (χ3v) is 4.42. The Kier molecular flexibility index (Phi) is 8.62. The maximum Gasteiger partial charge on any atom is 0.355 e. The second kappa shape index (κ2) is 9.08. The highest BCUT2D eigenvalue weighted by Crippen LogP contribution is 2.14. The Morgan fingerprint density at radius 3 is 2.17 bits per heavy atom. The molecule has 0 unspecified atom stereocenters. The van der Waals surface area contributed by atoms with Gasteiger partial charge in [0.1, 0.15) is 0 Å². The van der Waals surface area contributed by atoms with Gasteiger partial charge in [0, 0.05) is 6.08 Å². The first-order chi connectivity index (χ1) is 8.45. The molecule has 0 aromatic heterocycles. The monoisotopic (exact) mass is 277 g/mol. The van der Waals surface area contributed by atoms with Gasteiger partial charge in [-0.1, -0.05) is 39.5 Å². The van der Waals surface area contributed by atoms with Crippen LogP contribution in [0.4, 0.5) is 0 Å². The number of rotatable bonds is 10. The Hall–Kier alpha value is -0.910. The summed E-state index contributed by atoms with van der Waals surface area (Å²) >= 11 is 0. The lowest BCUT2D eigenvalue weighted by Gasteiger charge is -2.01. The van der Waals surface area contributed by atoms with Crippen LogP contribution in [0.1, 0.15) is 58.8 Å². The van der Waals surface area contributed by atoms with E-state index in [0.717, 1.165) is 32.1 Å². The standard InChI is InChI=1S/C12H23NO4S/c1-3-5-7-8-10-12(13(14)15)18(16,17)11-9-6-4-2/h10H,3-9,11H2,1-2H3. The van der Waals surface area contributed by atoms with Crippen molar-refractivity contribution in [3.8, 4) is 0 Å². The number of hydrogen-bond donors (Lipinski definition) is 0. The van der Waals surface area contributed by atoms with E-state index in [-0.39, 0.29) is 5.75 Å². The van der Waals surface area contributed by atoms with Gasteiger partial charge >= 0.3 is 5.03 Å². The number of nitro groups is 1. The number of allylic oxidation sites excluding steroid dienone is 1. The summed E-state index contributed by atoms with van der Waals surface area (Å²) < 4.78 is 23.6. The van der Waals surface area contributed by atoms with E-state index < -0.39 is 19.8 Å². The highest BCUT2D eigenvalue weighted by molar-refractivity contribution is 7.94. The molecule has 0 fully saturated rings. The van der Waals surface area contributed by atoms with Gasteiger partial charge in [-0.25, -0.2) is 8.42 Å². The van der Waals surface area contributed by atoms with Gasteiger partial charge < -0.3 is 0 Å². The molecule has 0 aliphatic rings. The molecule has 0 saturated heterocycles. The molecule has 0 N–H and O–H groups in total. The van der Waals surface area contributed by atoms with Crippen molar-refractivity contribution in [1.82, 2.24) is 0 Å². The summed E-state index contributed by atoms with van der Waals surface area (Å²) in [5.41, 5.74) is 0. The Morgan fingerprint density at radius 1 is 1.11 bits per heavy atom. The summed E-state index contributed by atoms with van der Waals surface area (Å²) in [7, 11) is -3.72. The predicted molar refractivity (Wildman–Crippen MR) is 72.5 cm³/mol. The predicted octanol–water partition coefficient (Wildman–Crippen LogP) is 3.29. The normalized spacial score (nSPS) is 12.7. The lowest BCUT2D eigenvalue weighted by molar-refractivity contribution is -0.412. The van der Waals surface area contributed by atoms with Crippen molar-refractivity contribution in [3.63, 3.8) is 0 Å². The number of sulfone groups is 1. The third-order valence-electron chi connectivity index (χ3n) is 2.64. The summed E-state index contributed by atoms with van der Waals surface area (Å²) in [4.78, 5) is 10.0. The van der Waals surface area contributed by atoms with Crippen LogP contribution < -0.4 is 0 Å². The molecular formula is C12H23NO4S. The first kappa shape index (κ1) is 17.1. The van der Waals surface area contributed by atoms with Gasteiger partial charge in [0.15, 0.2) is 0 Å². The summed E-state index contributed by atoms with van der Waals surface area (Å²) in [5, 5.41) is 10.2. The molecular weight excluding hydrogens is 254 g/mol. The van der Waals surface area contributed by atoms with Crippen molar-refractivity contribution in [2.75, 3.05) is 5.75 Å². The summed E-state index contributed by atoms with van der Waals surface area (Å²) in [5.74, 6) is -0.124. The Morgan fingerprint density at radius 2 is 1.67 bits per heavy atom. The molecule has 0 aromatic carbocycles. The maximum absolute atomic E-state index is 11.8. The average molecular weight is 277 g/mol. The number of nitrogens with zero attached hydrogens (tertiary/aromatic N) is 1. The van der Waals surface area contributed by atoms with Crippen LogP contribution in [-0.4, -0.2) is 19.1 Å². The van der Waals surface area contributed by atoms with Crippen molar-refractivity contribution in [3.05, 3.63) is 21.2 Å². The molecule has 0 aliphatic carbocycles. The Balaban J connectivity index is 4.61. The van der Waals surface area contributed by atoms with Gasteiger partial charge in [-0.3, -0.25) is 10.1 Å². The van der Waals surface area contributed by atoms with Gasteiger partial charge in [0.2, 0.25) is 9.84 Å². The van der Waals surface area contributed by atoms with Crippen molar-refractivity contribution in [2.45, 2.75) is 58.8 Å². The second-order valence-corrected chi connectivity index (χ2v) is 6.38. The lowest BCUT2D eigenvalue weighted by atomic mass is 10.2. The molecule has 0 amide bonds. The highest BCUT2D eigenvalue weighted by atomic mass is 32.2. The van der Waals surface area contributed by atoms with Crippen LogP contribution in [0, 0.1) is 10.1 Å². The zero-order valence-corrected chi connectivity index (χ0v) is 12.0. The van der Waals surface area contributed by atoms with Crippen LogP contribution in [0.25, 0.3) is 0 Å². The van der Waals surface area contributed by atoms with Gasteiger partial charge in [-0.2, -0.15) is 0 Å². The smallest absolute Gasteiger partial charge is 0.258 e. The minimum Gasteiger partial charge on any atom is -0.258 e. The van der Waals surface area contributed by atoms with Crippen LogP contribution in [0.3, 0.4) is 0 Å². The molecule has 5 nitrogen and oxygen atoms in total. The van der Waals surface area contributed by atoms with Crippen LogP contribution in [0.15, 0.2) is 11.1 Å². The fraction of sp³-hybridized carbons (Fsp3) is 0.833. The van der Waals surface area contributed by atoms with Crippen LogP contribution in [-0.2, 0) is 9.84 Å². The Labute approximate surface area is 109 Å². The Bertz CT molecular complexity index is 374.